The fourth-order valence-electron chi connectivity index (χ4n) is 3.34. The number of nitrogens with one attached hydrogen (secondary N) is 1. The van der Waals surface area contributed by atoms with Crippen LogP contribution < -0.4 is 10.9 Å². The molecule has 0 unspecified atom stereocenters. The molecule has 1 amide bonds. The first-order valence-electron chi connectivity index (χ1n) is 9.67. The fraction of sp³-hybridized carbons (Fsp3) is 0.333. The zero-order valence-corrected chi connectivity index (χ0v) is 18.0. The second kappa shape index (κ2) is 9.16. The molecule has 0 bridgehead atoms. The van der Waals surface area contributed by atoms with Crippen LogP contribution in [0.5, 0.6) is 0 Å². The van der Waals surface area contributed by atoms with E-state index in [1.807, 2.05) is 13.0 Å². The molecule has 0 aliphatic carbocycles. The van der Waals surface area contributed by atoms with Gasteiger partial charge >= 0.3 is 0 Å². The molecule has 1 atom stereocenters. The minimum absolute atomic E-state index is 0.0269. The number of pyridine rings is 1. The maximum Gasteiger partial charge on any atom is 0.263 e. The molecular weight excluding hydrogens is 424 g/mol. The minimum Gasteiger partial charge on any atom is -0.376 e. The summed E-state index contributed by atoms with van der Waals surface area (Å²) in [6, 6.07) is 8.77. The summed E-state index contributed by atoms with van der Waals surface area (Å²) in [5.41, 5.74) is 1.79. The van der Waals surface area contributed by atoms with Crippen LogP contribution in [0.25, 0.3) is 11.0 Å². The molecule has 1 N–H and O–H groups in total. The molecule has 0 saturated carbocycles. The van der Waals surface area contributed by atoms with Gasteiger partial charge in [0.05, 0.1) is 23.8 Å². The average molecular weight is 445 g/mol. The van der Waals surface area contributed by atoms with Gasteiger partial charge < -0.3 is 10.1 Å². The number of thioether (sulfide) groups is 1. The minimum atomic E-state index is -0.204. The fourth-order valence-corrected chi connectivity index (χ4v) is 4.31. The molecule has 2 aromatic heterocycles. The molecule has 1 aromatic carbocycles. The maximum absolute atomic E-state index is 13.1. The van der Waals surface area contributed by atoms with Crippen molar-refractivity contribution in [2.24, 2.45) is 0 Å². The number of benzene rings is 1. The Bertz CT molecular complexity index is 1140. The normalized spacial score (nSPS) is 16.1. The number of hydrogen-bond donors (Lipinski definition) is 1. The van der Waals surface area contributed by atoms with Gasteiger partial charge in [0.25, 0.3) is 5.56 Å². The topological polar surface area (TPSA) is 86.1 Å². The summed E-state index contributed by atoms with van der Waals surface area (Å²) in [4.78, 5) is 34.3. The van der Waals surface area contributed by atoms with E-state index in [4.69, 9.17) is 16.3 Å². The van der Waals surface area contributed by atoms with Crippen LogP contribution in [0, 0.1) is 6.92 Å². The number of anilines is 1. The van der Waals surface area contributed by atoms with Crippen LogP contribution in [-0.2, 0) is 16.1 Å². The van der Waals surface area contributed by atoms with Gasteiger partial charge in [-0.05, 0) is 49.6 Å². The number of rotatable bonds is 6. The van der Waals surface area contributed by atoms with Gasteiger partial charge in [-0.25, -0.2) is 9.97 Å². The van der Waals surface area contributed by atoms with E-state index in [2.05, 4.69) is 15.3 Å². The molecule has 7 nitrogen and oxygen atoms in total. The smallest absolute Gasteiger partial charge is 0.263 e. The molecule has 4 rings (SSSR count). The third-order valence-electron chi connectivity index (χ3n) is 4.91. The molecule has 156 valence electrons. The van der Waals surface area contributed by atoms with Gasteiger partial charge in [-0.1, -0.05) is 29.4 Å². The lowest BCUT2D eigenvalue weighted by molar-refractivity contribution is -0.113. The van der Waals surface area contributed by atoms with Crippen LogP contribution in [0.1, 0.15) is 18.4 Å². The van der Waals surface area contributed by atoms with Gasteiger partial charge in [0, 0.05) is 23.5 Å². The van der Waals surface area contributed by atoms with Gasteiger partial charge in [-0.2, -0.15) is 0 Å². The summed E-state index contributed by atoms with van der Waals surface area (Å²) in [5, 5.41) is 4.33. The van der Waals surface area contributed by atoms with Crippen LogP contribution in [0.2, 0.25) is 5.02 Å². The number of aromatic nitrogens is 3. The molecule has 9 heteroatoms. The van der Waals surface area contributed by atoms with Crippen molar-refractivity contribution in [2.45, 2.75) is 37.6 Å². The Kier molecular flexibility index (Phi) is 6.36. The van der Waals surface area contributed by atoms with Gasteiger partial charge in [0.15, 0.2) is 10.8 Å². The first kappa shape index (κ1) is 20.8. The van der Waals surface area contributed by atoms with E-state index in [-0.39, 0.29) is 23.3 Å². The molecule has 1 saturated heterocycles. The number of ether oxygens (including phenoxy) is 1. The lowest BCUT2D eigenvalue weighted by Crippen LogP contribution is -2.29. The number of aryl methyl sites for hydroxylation is 1. The molecular formula is C21H21ClN4O3S. The van der Waals surface area contributed by atoms with Crippen molar-refractivity contribution in [3.8, 4) is 0 Å². The highest BCUT2D eigenvalue weighted by Gasteiger charge is 2.21. The van der Waals surface area contributed by atoms with E-state index in [0.717, 1.165) is 18.4 Å². The van der Waals surface area contributed by atoms with Crippen LogP contribution in [0.4, 0.5) is 5.69 Å². The number of carbonyl (C=O) groups is 1. The molecule has 0 radical (unpaired) electrons. The summed E-state index contributed by atoms with van der Waals surface area (Å²) >= 11 is 7.23. The molecule has 30 heavy (non-hydrogen) atoms. The van der Waals surface area contributed by atoms with E-state index in [1.165, 1.54) is 11.8 Å². The highest BCUT2D eigenvalue weighted by atomic mass is 35.5. The Morgan fingerprint density at radius 1 is 1.40 bits per heavy atom. The lowest BCUT2D eigenvalue weighted by Gasteiger charge is -2.16. The van der Waals surface area contributed by atoms with Crippen molar-refractivity contribution in [1.82, 2.24) is 14.5 Å². The van der Waals surface area contributed by atoms with Gasteiger partial charge in [-0.3, -0.25) is 14.2 Å². The predicted molar refractivity (Wildman–Crippen MR) is 118 cm³/mol. The van der Waals surface area contributed by atoms with E-state index in [1.54, 1.807) is 35.0 Å². The molecule has 1 aliphatic heterocycles. The van der Waals surface area contributed by atoms with Crippen molar-refractivity contribution in [3.05, 3.63) is 57.5 Å². The summed E-state index contributed by atoms with van der Waals surface area (Å²) in [6.07, 6.45) is 3.45. The first-order valence-corrected chi connectivity index (χ1v) is 11.0. The summed E-state index contributed by atoms with van der Waals surface area (Å²) in [6.45, 7) is 3.01. The quantitative estimate of drug-likeness (QED) is 0.461. The Morgan fingerprint density at radius 3 is 3.07 bits per heavy atom. The Labute approximate surface area is 182 Å². The highest BCUT2D eigenvalue weighted by Crippen LogP contribution is 2.23. The highest BCUT2D eigenvalue weighted by molar-refractivity contribution is 7.99. The van der Waals surface area contributed by atoms with Crippen LogP contribution in [0.3, 0.4) is 0 Å². The summed E-state index contributed by atoms with van der Waals surface area (Å²) in [7, 11) is 0. The van der Waals surface area contributed by atoms with Crippen LogP contribution in [-0.4, -0.2) is 38.9 Å². The molecule has 1 fully saturated rings. The molecule has 3 aromatic rings. The zero-order valence-electron chi connectivity index (χ0n) is 16.4. The van der Waals surface area contributed by atoms with E-state index >= 15 is 0 Å². The van der Waals surface area contributed by atoms with Crippen molar-refractivity contribution in [2.75, 3.05) is 17.7 Å². The summed E-state index contributed by atoms with van der Waals surface area (Å²) < 4.78 is 7.30. The van der Waals surface area contributed by atoms with Crippen molar-refractivity contribution in [1.29, 1.82) is 0 Å². The second-order valence-electron chi connectivity index (χ2n) is 7.12. The third kappa shape index (κ3) is 4.66. The SMILES string of the molecule is Cc1ccc(Cl)cc1NC(=O)CSc1nc2ncccc2c(=O)n1C[C@@H]1CCCO1. The number of carbonyl (C=O) groups excluding carboxylic acids is 1. The van der Waals surface area contributed by atoms with Gasteiger partial charge in [0.2, 0.25) is 5.91 Å². The molecule has 1 aliphatic rings. The van der Waals surface area contributed by atoms with Crippen molar-refractivity contribution < 1.29 is 9.53 Å². The first-order chi connectivity index (χ1) is 14.5. The summed E-state index contributed by atoms with van der Waals surface area (Å²) in [5.74, 6) is -0.105. The largest absolute Gasteiger partial charge is 0.376 e. The Morgan fingerprint density at radius 2 is 2.27 bits per heavy atom. The monoisotopic (exact) mass is 444 g/mol. The van der Waals surface area contributed by atoms with E-state index in [0.29, 0.717) is 40.1 Å². The zero-order chi connectivity index (χ0) is 21.1. The number of hydrogen-bond acceptors (Lipinski definition) is 6. The Balaban J connectivity index is 1.56. The van der Waals surface area contributed by atoms with Gasteiger partial charge in [0.1, 0.15) is 0 Å². The van der Waals surface area contributed by atoms with Crippen LogP contribution in [0.15, 0.2) is 46.5 Å². The molecule has 0 spiro atoms. The van der Waals surface area contributed by atoms with E-state index in [9.17, 15) is 9.59 Å². The molecule has 3 heterocycles. The number of nitrogens with zero attached hydrogens (tertiary/aromatic N) is 3. The lowest BCUT2D eigenvalue weighted by atomic mass is 10.2. The number of fused-ring (bicyclic) bond motifs is 1. The Hall–Kier alpha value is -2.42. The third-order valence-corrected chi connectivity index (χ3v) is 6.12. The number of amides is 1. The van der Waals surface area contributed by atoms with Crippen LogP contribution >= 0.6 is 23.4 Å². The van der Waals surface area contributed by atoms with E-state index < -0.39 is 0 Å². The maximum atomic E-state index is 13.1. The predicted octanol–water partition coefficient (Wildman–Crippen LogP) is 3.66. The number of halogens is 1. The van der Waals surface area contributed by atoms with Crippen molar-refractivity contribution >= 4 is 46.0 Å². The second-order valence-corrected chi connectivity index (χ2v) is 8.49. The average Bonchev–Trinajstić information content (AvgIpc) is 3.25. The van der Waals surface area contributed by atoms with Gasteiger partial charge in [-0.15, -0.1) is 0 Å². The van der Waals surface area contributed by atoms with Crippen molar-refractivity contribution in [3.63, 3.8) is 0 Å². The standard InChI is InChI=1S/C21H21ClN4O3S/c1-13-6-7-14(22)10-17(13)24-18(27)12-30-21-25-19-16(5-2-8-23-19)20(28)26(21)11-15-4-3-9-29-15/h2,5-8,10,15H,3-4,9,11-12H2,1H3,(H,24,27)/t15-/m0/s1.